The number of hydrogen-bond donors (Lipinski definition) is 2. The number of nitrogens with two attached hydrogens (primary N) is 1. The molecule has 1 unspecified atom stereocenters. The van der Waals surface area contributed by atoms with Gasteiger partial charge in [0.25, 0.3) is 5.91 Å². The summed E-state index contributed by atoms with van der Waals surface area (Å²) >= 11 is 0. The van der Waals surface area contributed by atoms with Gasteiger partial charge in [-0.2, -0.15) is 8.78 Å². The van der Waals surface area contributed by atoms with Crippen molar-refractivity contribution in [2.75, 3.05) is 32.8 Å². The van der Waals surface area contributed by atoms with Crippen molar-refractivity contribution < 1.29 is 45.8 Å². The monoisotopic (exact) mass is 673 g/mol. The van der Waals surface area contributed by atoms with Gasteiger partial charge in [0.05, 0.1) is 12.6 Å². The number of ether oxygens (including phenoxy) is 2. The van der Waals surface area contributed by atoms with Gasteiger partial charge < -0.3 is 34.7 Å². The van der Waals surface area contributed by atoms with Crippen LogP contribution in [0.1, 0.15) is 66.5 Å². The standard InChI is InChI=1S/C33H35F4N5O6/c1-17(38)28-27(40-30(48-28)20-6-9-24(47-33(36)37)25(14-20)46-16-18-2-3-18)29(43)39-26(22-8-7-21(34)15-23(22)35)32(45)42-12-10-41(11-13-42)31(44)19-4-5-19/h6-9,14-15,17-19,26,33H,2-5,10-13,16,38H2,1H3,(H,39,43)/t17-,26?/m0/s1. The zero-order valence-electron chi connectivity index (χ0n) is 26.1. The molecule has 256 valence electrons. The fourth-order valence-electron chi connectivity index (χ4n) is 5.49. The van der Waals surface area contributed by atoms with Gasteiger partial charge >= 0.3 is 6.61 Å². The number of carbonyl (C=O) groups is 3. The van der Waals surface area contributed by atoms with Gasteiger partial charge in [-0.25, -0.2) is 13.8 Å². The number of rotatable bonds is 12. The molecule has 15 heteroatoms. The van der Waals surface area contributed by atoms with Gasteiger partial charge in [-0.3, -0.25) is 14.4 Å². The number of piperazine rings is 1. The summed E-state index contributed by atoms with van der Waals surface area (Å²) in [6, 6.07) is 4.27. The van der Waals surface area contributed by atoms with Gasteiger partial charge in [0, 0.05) is 49.3 Å². The fraction of sp³-hybridized carbons (Fsp3) is 0.455. The third-order valence-electron chi connectivity index (χ3n) is 8.49. The smallest absolute Gasteiger partial charge is 0.387 e. The van der Waals surface area contributed by atoms with Crippen molar-refractivity contribution in [3.05, 3.63) is 65.1 Å². The minimum absolute atomic E-state index is 0.0184. The summed E-state index contributed by atoms with van der Waals surface area (Å²) in [6.07, 6.45) is 3.61. The molecule has 3 aromatic rings. The zero-order chi connectivity index (χ0) is 34.1. The Morgan fingerprint density at radius 1 is 1.00 bits per heavy atom. The molecule has 11 nitrogen and oxygen atoms in total. The number of oxazole rings is 1. The molecule has 3 N–H and O–H groups in total. The van der Waals surface area contributed by atoms with Crippen LogP contribution in [0.2, 0.25) is 0 Å². The third kappa shape index (κ3) is 7.56. The molecule has 0 spiro atoms. The van der Waals surface area contributed by atoms with E-state index >= 15 is 4.39 Å². The number of alkyl halides is 2. The van der Waals surface area contributed by atoms with Crippen molar-refractivity contribution in [2.45, 2.75) is 51.3 Å². The van der Waals surface area contributed by atoms with Crippen molar-refractivity contribution in [1.29, 1.82) is 0 Å². The van der Waals surface area contributed by atoms with Crippen molar-refractivity contribution in [1.82, 2.24) is 20.1 Å². The number of benzene rings is 2. The van der Waals surface area contributed by atoms with Crippen molar-refractivity contribution in [3.63, 3.8) is 0 Å². The van der Waals surface area contributed by atoms with Crippen LogP contribution in [-0.4, -0.2) is 71.9 Å². The molecule has 1 saturated heterocycles. The van der Waals surface area contributed by atoms with Crippen LogP contribution in [0.4, 0.5) is 17.6 Å². The molecule has 2 saturated carbocycles. The summed E-state index contributed by atoms with van der Waals surface area (Å²) in [7, 11) is 0. The Bertz CT molecular complexity index is 1680. The minimum atomic E-state index is -3.09. The lowest BCUT2D eigenvalue weighted by atomic mass is 10.0. The SMILES string of the molecule is C[C@H](N)c1oc(-c2ccc(OC(F)F)c(OCC3CC3)c2)nc1C(=O)NC(C(=O)N1CCN(C(=O)C2CC2)CC1)c1ccc(F)cc1F. The number of amides is 3. The summed E-state index contributed by atoms with van der Waals surface area (Å²) in [5.74, 6) is -3.45. The molecule has 2 aromatic carbocycles. The largest absolute Gasteiger partial charge is 0.489 e. The lowest BCUT2D eigenvalue weighted by Gasteiger charge is -2.36. The van der Waals surface area contributed by atoms with Crippen LogP contribution < -0.4 is 20.5 Å². The van der Waals surface area contributed by atoms with Gasteiger partial charge in [-0.05, 0) is 62.8 Å². The Morgan fingerprint density at radius 2 is 1.71 bits per heavy atom. The first-order valence-electron chi connectivity index (χ1n) is 15.8. The molecule has 48 heavy (non-hydrogen) atoms. The number of nitrogens with one attached hydrogen (secondary N) is 1. The molecular weight excluding hydrogens is 638 g/mol. The van der Waals surface area contributed by atoms with Gasteiger partial charge in [0.15, 0.2) is 23.0 Å². The van der Waals surface area contributed by atoms with E-state index in [0.29, 0.717) is 18.6 Å². The van der Waals surface area contributed by atoms with E-state index in [1.807, 2.05) is 0 Å². The molecule has 1 aliphatic heterocycles. The first kappa shape index (κ1) is 33.2. The first-order valence-corrected chi connectivity index (χ1v) is 15.8. The maximum absolute atomic E-state index is 15.1. The van der Waals surface area contributed by atoms with E-state index < -0.39 is 42.1 Å². The normalized spacial score (nSPS) is 17.6. The molecule has 1 aromatic heterocycles. The molecule has 3 aliphatic rings. The average Bonchev–Trinajstić information content (AvgIpc) is 4.00. The Hall–Kier alpha value is -4.66. The Kier molecular flexibility index (Phi) is 9.58. The minimum Gasteiger partial charge on any atom is -0.489 e. The molecule has 2 atom stereocenters. The molecular formula is C33H35F4N5O6. The average molecular weight is 674 g/mol. The number of hydrogen-bond acceptors (Lipinski definition) is 8. The van der Waals surface area contributed by atoms with Crippen LogP contribution in [0, 0.1) is 23.5 Å². The van der Waals surface area contributed by atoms with Gasteiger partial charge in [-0.1, -0.05) is 6.07 Å². The lowest BCUT2D eigenvalue weighted by molar-refractivity contribution is -0.141. The second-order valence-corrected chi connectivity index (χ2v) is 12.3. The highest BCUT2D eigenvalue weighted by atomic mass is 19.3. The van der Waals surface area contributed by atoms with Crippen molar-refractivity contribution in [2.24, 2.45) is 17.6 Å². The Morgan fingerprint density at radius 3 is 2.33 bits per heavy atom. The predicted octanol–water partition coefficient (Wildman–Crippen LogP) is 4.58. The van der Waals surface area contributed by atoms with Gasteiger partial charge in [-0.15, -0.1) is 0 Å². The summed E-state index contributed by atoms with van der Waals surface area (Å²) in [6.45, 7) is -0.379. The molecule has 6 rings (SSSR count). The quantitative estimate of drug-likeness (QED) is 0.267. The van der Waals surface area contributed by atoms with Crippen LogP contribution in [0.25, 0.3) is 11.5 Å². The van der Waals surface area contributed by atoms with Crippen molar-refractivity contribution in [3.8, 4) is 23.0 Å². The number of halogens is 4. The van der Waals surface area contributed by atoms with E-state index in [0.717, 1.165) is 37.8 Å². The lowest BCUT2D eigenvalue weighted by Crippen LogP contribution is -2.53. The van der Waals surface area contributed by atoms with E-state index in [2.05, 4.69) is 15.0 Å². The number of nitrogens with zero attached hydrogens (tertiary/aromatic N) is 3. The highest BCUT2D eigenvalue weighted by molar-refractivity contribution is 5.98. The summed E-state index contributed by atoms with van der Waals surface area (Å²) in [4.78, 5) is 47.5. The predicted molar refractivity (Wildman–Crippen MR) is 162 cm³/mol. The third-order valence-corrected chi connectivity index (χ3v) is 8.49. The van der Waals surface area contributed by atoms with E-state index in [4.69, 9.17) is 14.9 Å². The van der Waals surface area contributed by atoms with E-state index in [1.165, 1.54) is 30.0 Å². The van der Waals surface area contributed by atoms with Crippen LogP contribution in [-0.2, 0) is 9.59 Å². The molecule has 2 aliphatic carbocycles. The van der Waals surface area contributed by atoms with Crippen molar-refractivity contribution >= 4 is 17.7 Å². The Balaban J connectivity index is 1.26. The van der Waals surface area contributed by atoms with Crippen LogP contribution >= 0.6 is 0 Å². The summed E-state index contributed by atoms with van der Waals surface area (Å²) in [5, 5.41) is 2.53. The molecule has 0 bridgehead atoms. The maximum atomic E-state index is 15.1. The second kappa shape index (κ2) is 13.8. The van der Waals surface area contributed by atoms with Crippen LogP contribution in [0.5, 0.6) is 11.5 Å². The molecule has 0 radical (unpaired) electrons. The van der Waals surface area contributed by atoms with E-state index in [-0.39, 0.29) is 78.0 Å². The van der Waals surface area contributed by atoms with Crippen LogP contribution in [0.3, 0.4) is 0 Å². The fourth-order valence-corrected chi connectivity index (χ4v) is 5.49. The summed E-state index contributed by atoms with van der Waals surface area (Å²) < 4.78 is 71.2. The Labute approximate surface area is 273 Å². The molecule has 3 fully saturated rings. The number of carbonyl (C=O) groups excluding carboxylic acids is 3. The topological polar surface area (TPSA) is 140 Å². The van der Waals surface area contributed by atoms with Gasteiger partial charge in [0.2, 0.25) is 17.7 Å². The maximum Gasteiger partial charge on any atom is 0.387 e. The molecule has 2 heterocycles. The summed E-state index contributed by atoms with van der Waals surface area (Å²) in [5.41, 5.74) is 5.80. The van der Waals surface area contributed by atoms with Gasteiger partial charge in [0.1, 0.15) is 17.7 Å². The van der Waals surface area contributed by atoms with E-state index in [1.54, 1.807) is 4.90 Å². The molecule has 3 amide bonds. The zero-order valence-corrected chi connectivity index (χ0v) is 26.1. The van der Waals surface area contributed by atoms with Crippen LogP contribution in [0.15, 0.2) is 40.8 Å². The van der Waals surface area contributed by atoms with E-state index in [9.17, 15) is 27.6 Å². The highest BCUT2D eigenvalue weighted by Crippen LogP contribution is 2.37. The second-order valence-electron chi connectivity index (χ2n) is 12.3. The highest BCUT2D eigenvalue weighted by Gasteiger charge is 2.38. The first-order chi connectivity index (χ1) is 23.0. The number of aromatic nitrogens is 1.